The number of allylic oxidation sites excluding steroid dienone is 1. The van der Waals surface area contributed by atoms with Crippen LogP contribution in [0.2, 0.25) is 0 Å². The van der Waals surface area contributed by atoms with Crippen LogP contribution >= 0.6 is 0 Å². The van der Waals surface area contributed by atoms with E-state index in [1.807, 2.05) is 22.5 Å². The molecule has 4 rings (SSSR count). The SMILES string of the molecule is CCOC(=O)CC1CCn2c1cc(C)c2C(=O)C1C(=O)C=C2CCCN21. The number of nitrogens with zero attached hydrogens (tertiary/aromatic N) is 2. The summed E-state index contributed by atoms with van der Waals surface area (Å²) in [5, 5.41) is 0. The van der Waals surface area contributed by atoms with Crippen molar-refractivity contribution in [2.45, 2.75) is 58.0 Å². The summed E-state index contributed by atoms with van der Waals surface area (Å²) in [6, 6.07) is 1.30. The molecule has 1 aromatic heterocycles. The average Bonchev–Trinajstić information content (AvgIpc) is 3.29. The number of ether oxygens (including phenoxy) is 1. The molecule has 138 valence electrons. The Morgan fingerprint density at radius 3 is 2.88 bits per heavy atom. The molecular weight excluding hydrogens is 332 g/mol. The van der Waals surface area contributed by atoms with E-state index in [4.69, 9.17) is 4.74 Å². The Kier molecular flexibility index (Phi) is 4.21. The zero-order valence-electron chi connectivity index (χ0n) is 15.3. The summed E-state index contributed by atoms with van der Waals surface area (Å²) in [5.74, 6) is -0.326. The van der Waals surface area contributed by atoms with Crippen molar-refractivity contribution in [1.82, 2.24) is 9.47 Å². The molecule has 0 amide bonds. The molecule has 4 heterocycles. The van der Waals surface area contributed by atoms with Crippen LogP contribution in [0.4, 0.5) is 0 Å². The van der Waals surface area contributed by atoms with E-state index < -0.39 is 6.04 Å². The predicted octanol–water partition coefficient (Wildman–Crippen LogP) is 2.35. The molecule has 2 unspecified atom stereocenters. The van der Waals surface area contributed by atoms with Crippen LogP contribution in [-0.2, 0) is 20.9 Å². The summed E-state index contributed by atoms with van der Waals surface area (Å²) >= 11 is 0. The second-order valence-corrected chi connectivity index (χ2v) is 7.35. The van der Waals surface area contributed by atoms with Crippen molar-refractivity contribution in [2.24, 2.45) is 0 Å². The minimum atomic E-state index is -0.700. The lowest BCUT2D eigenvalue weighted by Crippen LogP contribution is -2.40. The Bertz CT molecular complexity index is 820. The molecule has 0 aliphatic carbocycles. The summed E-state index contributed by atoms with van der Waals surface area (Å²) in [5.41, 5.74) is 3.53. The molecule has 3 aliphatic rings. The highest BCUT2D eigenvalue weighted by molar-refractivity contribution is 6.19. The van der Waals surface area contributed by atoms with Gasteiger partial charge in [0.2, 0.25) is 5.78 Å². The molecule has 1 aromatic rings. The van der Waals surface area contributed by atoms with Gasteiger partial charge in [-0.1, -0.05) is 0 Å². The largest absolute Gasteiger partial charge is 0.466 e. The Hall–Kier alpha value is -2.37. The maximum Gasteiger partial charge on any atom is 0.306 e. The lowest BCUT2D eigenvalue weighted by atomic mass is 9.99. The molecule has 26 heavy (non-hydrogen) atoms. The third kappa shape index (κ3) is 2.59. The fraction of sp³-hybridized carbons (Fsp3) is 0.550. The smallest absolute Gasteiger partial charge is 0.306 e. The molecule has 3 aliphatic heterocycles. The highest BCUT2D eigenvalue weighted by Crippen LogP contribution is 2.37. The zero-order valence-corrected chi connectivity index (χ0v) is 15.3. The van der Waals surface area contributed by atoms with Crippen molar-refractivity contribution in [2.75, 3.05) is 13.2 Å². The van der Waals surface area contributed by atoms with Crippen molar-refractivity contribution in [3.8, 4) is 0 Å². The van der Waals surface area contributed by atoms with Gasteiger partial charge in [-0.25, -0.2) is 0 Å². The number of hydrogen-bond donors (Lipinski definition) is 0. The summed E-state index contributed by atoms with van der Waals surface area (Å²) in [6.45, 7) is 5.57. The van der Waals surface area contributed by atoms with Crippen LogP contribution in [0.15, 0.2) is 17.8 Å². The minimum Gasteiger partial charge on any atom is -0.466 e. The Balaban J connectivity index is 1.60. The lowest BCUT2D eigenvalue weighted by molar-refractivity contribution is -0.143. The van der Waals surface area contributed by atoms with Crippen LogP contribution in [0.3, 0.4) is 0 Å². The number of Topliss-reactive ketones (excluding diaryl/α,β-unsaturated/α-hetero) is 1. The first-order valence-corrected chi connectivity index (χ1v) is 9.42. The van der Waals surface area contributed by atoms with E-state index in [1.165, 1.54) is 0 Å². The number of carbonyl (C=O) groups excluding carboxylic acids is 3. The lowest BCUT2D eigenvalue weighted by Gasteiger charge is -2.23. The Labute approximate surface area is 152 Å². The Morgan fingerprint density at radius 1 is 1.31 bits per heavy atom. The van der Waals surface area contributed by atoms with E-state index in [0.29, 0.717) is 25.3 Å². The second kappa shape index (κ2) is 6.41. The van der Waals surface area contributed by atoms with E-state index in [-0.39, 0.29) is 23.5 Å². The van der Waals surface area contributed by atoms with Gasteiger partial charge < -0.3 is 14.2 Å². The summed E-state index contributed by atoms with van der Waals surface area (Å²) in [7, 11) is 0. The quantitative estimate of drug-likeness (QED) is 0.460. The van der Waals surface area contributed by atoms with Crippen LogP contribution < -0.4 is 0 Å². The normalized spacial score (nSPS) is 23.8. The first-order chi connectivity index (χ1) is 12.5. The number of aromatic nitrogens is 1. The monoisotopic (exact) mass is 356 g/mol. The molecule has 0 radical (unpaired) electrons. The Morgan fingerprint density at radius 2 is 2.12 bits per heavy atom. The molecule has 0 N–H and O–H groups in total. The van der Waals surface area contributed by atoms with E-state index in [1.54, 1.807) is 13.0 Å². The highest BCUT2D eigenvalue weighted by atomic mass is 16.5. The number of esters is 1. The standard InChI is InChI=1S/C20H24N2O4/c1-3-26-17(24)10-13-6-8-22-15(13)9-12(2)18(22)20(25)19-16(23)11-14-5-4-7-21(14)19/h9,11,13,19H,3-8,10H2,1-2H3. The summed E-state index contributed by atoms with van der Waals surface area (Å²) in [4.78, 5) is 39.5. The van der Waals surface area contributed by atoms with Crippen molar-refractivity contribution < 1.29 is 19.1 Å². The van der Waals surface area contributed by atoms with Crippen molar-refractivity contribution >= 4 is 17.5 Å². The van der Waals surface area contributed by atoms with Gasteiger partial charge in [-0.3, -0.25) is 14.4 Å². The molecule has 2 atom stereocenters. The van der Waals surface area contributed by atoms with E-state index in [2.05, 4.69) is 0 Å². The number of fused-ring (bicyclic) bond motifs is 2. The van der Waals surface area contributed by atoms with Crippen LogP contribution in [-0.4, -0.2) is 46.2 Å². The van der Waals surface area contributed by atoms with Gasteiger partial charge in [0.25, 0.3) is 0 Å². The molecule has 0 spiro atoms. The molecule has 0 saturated carbocycles. The molecule has 6 heteroatoms. The summed E-state index contributed by atoms with van der Waals surface area (Å²) in [6.07, 6.45) is 4.67. The van der Waals surface area contributed by atoms with Gasteiger partial charge in [0.15, 0.2) is 11.8 Å². The van der Waals surface area contributed by atoms with Crippen molar-refractivity contribution in [3.63, 3.8) is 0 Å². The van der Waals surface area contributed by atoms with Crippen LogP contribution in [0.1, 0.15) is 60.3 Å². The highest BCUT2D eigenvalue weighted by Gasteiger charge is 2.43. The number of rotatable bonds is 5. The van der Waals surface area contributed by atoms with E-state index >= 15 is 0 Å². The van der Waals surface area contributed by atoms with E-state index in [9.17, 15) is 14.4 Å². The third-order valence-corrected chi connectivity index (χ3v) is 5.73. The molecule has 0 aromatic carbocycles. The fourth-order valence-corrected chi connectivity index (χ4v) is 4.64. The van der Waals surface area contributed by atoms with Crippen molar-refractivity contribution in [1.29, 1.82) is 0 Å². The second-order valence-electron chi connectivity index (χ2n) is 7.35. The zero-order chi connectivity index (χ0) is 18.4. The first-order valence-electron chi connectivity index (χ1n) is 9.42. The summed E-state index contributed by atoms with van der Waals surface area (Å²) < 4.78 is 7.09. The molecule has 0 bridgehead atoms. The van der Waals surface area contributed by atoms with Gasteiger partial charge in [-0.15, -0.1) is 0 Å². The fourth-order valence-electron chi connectivity index (χ4n) is 4.64. The first kappa shape index (κ1) is 17.1. The topological polar surface area (TPSA) is 68.6 Å². The van der Waals surface area contributed by atoms with Gasteiger partial charge in [0, 0.05) is 36.5 Å². The number of aryl methyl sites for hydroxylation is 1. The van der Waals surface area contributed by atoms with Gasteiger partial charge >= 0.3 is 5.97 Å². The van der Waals surface area contributed by atoms with Gasteiger partial charge in [-0.2, -0.15) is 0 Å². The van der Waals surface area contributed by atoms with Gasteiger partial charge in [-0.05, 0) is 44.7 Å². The van der Waals surface area contributed by atoms with Crippen LogP contribution in [0, 0.1) is 6.92 Å². The molecule has 1 fully saturated rings. The molecule has 1 saturated heterocycles. The number of carbonyl (C=O) groups is 3. The van der Waals surface area contributed by atoms with E-state index in [0.717, 1.165) is 42.8 Å². The van der Waals surface area contributed by atoms with Gasteiger partial charge in [0.1, 0.15) is 0 Å². The van der Waals surface area contributed by atoms with Gasteiger partial charge in [0.05, 0.1) is 18.7 Å². The molecular formula is C20H24N2O4. The third-order valence-electron chi connectivity index (χ3n) is 5.73. The minimum absolute atomic E-state index is 0.0778. The average molecular weight is 356 g/mol. The molecule has 6 nitrogen and oxygen atoms in total. The maximum atomic E-state index is 13.3. The van der Waals surface area contributed by atoms with Crippen LogP contribution in [0.5, 0.6) is 0 Å². The predicted molar refractivity (Wildman–Crippen MR) is 94.9 cm³/mol. The maximum absolute atomic E-state index is 13.3. The van der Waals surface area contributed by atoms with Crippen molar-refractivity contribution in [3.05, 3.63) is 34.8 Å². The van der Waals surface area contributed by atoms with Crippen LogP contribution in [0.25, 0.3) is 0 Å². The number of ketones is 2. The number of hydrogen-bond acceptors (Lipinski definition) is 5.